The highest BCUT2D eigenvalue weighted by Crippen LogP contribution is 2.44. The Morgan fingerprint density at radius 2 is 1.52 bits per heavy atom. The van der Waals surface area contributed by atoms with E-state index in [-0.39, 0.29) is 17.9 Å². The molecule has 0 radical (unpaired) electrons. The first-order valence-electron chi connectivity index (χ1n) is 13.2. The summed E-state index contributed by atoms with van der Waals surface area (Å²) in [5.74, 6) is 1.25. The molecule has 1 aliphatic rings. The average molecular weight is 549 g/mol. The summed E-state index contributed by atoms with van der Waals surface area (Å²) >= 11 is 5.91. The number of para-hydroxylation sites is 1. The van der Waals surface area contributed by atoms with E-state index in [1.807, 2.05) is 98.1 Å². The minimum absolute atomic E-state index is 0.202. The number of aromatic nitrogens is 2. The van der Waals surface area contributed by atoms with Gasteiger partial charge >= 0.3 is 0 Å². The lowest BCUT2D eigenvalue weighted by molar-refractivity contribution is 0.482. The Bertz CT molecular complexity index is 1670. The van der Waals surface area contributed by atoms with Crippen molar-refractivity contribution in [3.05, 3.63) is 137 Å². The molecule has 1 aliphatic heterocycles. The van der Waals surface area contributed by atoms with Crippen molar-refractivity contribution in [3.8, 4) is 17.2 Å². The van der Waals surface area contributed by atoms with E-state index in [2.05, 4.69) is 21.3 Å². The van der Waals surface area contributed by atoms with Crippen LogP contribution in [0.5, 0.6) is 11.5 Å². The van der Waals surface area contributed by atoms with E-state index in [1.165, 1.54) is 11.6 Å². The van der Waals surface area contributed by atoms with Gasteiger partial charge in [0, 0.05) is 23.3 Å². The zero-order chi connectivity index (χ0) is 27.8. The fraction of sp³-hybridized carbons (Fsp3) is 0.152. The second-order valence-corrected chi connectivity index (χ2v) is 10.4. The Balaban J connectivity index is 1.41. The number of hydrogen-bond donors (Lipinski definition) is 1. The van der Waals surface area contributed by atoms with Crippen LogP contribution >= 0.6 is 12.2 Å². The Kier molecular flexibility index (Phi) is 6.82. The Morgan fingerprint density at radius 3 is 2.20 bits per heavy atom. The predicted molar refractivity (Wildman–Crippen MR) is 161 cm³/mol. The van der Waals surface area contributed by atoms with E-state index in [1.54, 1.807) is 18.3 Å². The van der Waals surface area contributed by atoms with E-state index >= 15 is 0 Å². The number of aryl methyl sites for hydroxylation is 2. The summed E-state index contributed by atoms with van der Waals surface area (Å²) in [6.45, 7) is 6.08. The van der Waals surface area contributed by atoms with Crippen LogP contribution in [-0.2, 0) is 0 Å². The fourth-order valence-electron chi connectivity index (χ4n) is 5.46. The molecule has 0 aliphatic carbocycles. The number of thiocarbonyl (C=S) groups is 1. The normalized spacial score (nSPS) is 16.7. The van der Waals surface area contributed by atoms with Crippen molar-refractivity contribution in [1.29, 1.82) is 0 Å². The highest BCUT2D eigenvalue weighted by Gasteiger charge is 2.42. The first-order chi connectivity index (χ1) is 19.4. The number of ether oxygens (including phenoxy) is 1. The SMILES string of the molecule is Cc1ccc(Oc2ccc(N3C(=S)N[C@@H](c4ccccn4)[C@H]3c3cc(C)n(-c4ccccc4F)c3C)cc2)cc1. The third-order valence-electron chi connectivity index (χ3n) is 7.35. The van der Waals surface area contributed by atoms with Crippen molar-refractivity contribution in [2.24, 2.45) is 0 Å². The van der Waals surface area contributed by atoms with Gasteiger partial charge in [-0.2, -0.15) is 0 Å². The molecule has 1 N–H and O–H groups in total. The lowest BCUT2D eigenvalue weighted by Gasteiger charge is -2.28. The maximum Gasteiger partial charge on any atom is 0.174 e. The molecule has 0 bridgehead atoms. The first kappa shape index (κ1) is 25.8. The number of benzene rings is 3. The zero-order valence-electron chi connectivity index (χ0n) is 22.5. The lowest BCUT2D eigenvalue weighted by atomic mass is 9.96. The number of nitrogens with one attached hydrogen (secondary N) is 1. The van der Waals surface area contributed by atoms with Crippen molar-refractivity contribution in [2.45, 2.75) is 32.9 Å². The van der Waals surface area contributed by atoms with Crippen molar-refractivity contribution in [3.63, 3.8) is 0 Å². The van der Waals surface area contributed by atoms with Gasteiger partial charge in [-0.05, 0) is 105 Å². The van der Waals surface area contributed by atoms with Crippen LogP contribution in [0.4, 0.5) is 10.1 Å². The molecular formula is C33H29FN4OS. The first-order valence-corrected chi connectivity index (χ1v) is 13.6. The largest absolute Gasteiger partial charge is 0.457 e. The van der Waals surface area contributed by atoms with Crippen LogP contribution in [0.2, 0.25) is 0 Å². The summed E-state index contributed by atoms with van der Waals surface area (Å²) in [5, 5.41) is 4.11. The quantitative estimate of drug-likeness (QED) is 0.219. The summed E-state index contributed by atoms with van der Waals surface area (Å²) in [5.41, 5.74) is 6.45. The summed E-state index contributed by atoms with van der Waals surface area (Å²) < 4.78 is 22.9. The molecule has 5 nitrogen and oxygen atoms in total. The molecule has 2 aromatic heterocycles. The third kappa shape index (κ3) is 4.73. The molecule has 7 heteroatoms. The topological polar surface area (TPSA) is 42.3 Å². The Labute approximate surface area is 238 Å². The van der Waals surface area contributed by atoms with Crippen molar-refractivity contribution in [2.75, 3.05) is 4.90 Å². The summed E-state index contributed by atoms with van der Waals surface area (Å²) in [4.78, 5) is 6.78. The molecule has 1 fully saturated rings. The number of anilines is 1. The van der Waals surface area contributed by atoms with Crippen LogP contribution in [0, 0.1) is 26.6 Å². The molecule has 2 atom stereocenters. The second kappa shape index (κ2) is 10.6. The molecule has 0 unspecified atom stereocenters. The highest BCUT2D eigenvalue weighted by molar-refractivity contribution is 7.80. The molecular weight excluding hydrogens is 519 g/mol. The van der Waals surface area contributed by atoms with Gasteiger partial charge in [-0.1, -0.05) is 35.9 Å². The zero-order valence-corrected chi connectivity index (χ0v) is 23.3. The second-order valence-electron chi connectivity index (χ2n) is 10.0. The molecule has 0 spiro atoms. The van der Waals surface area contributed by atoms with Gasteiger partial charge in [0.2, 0.25) is 0 Å². The fourth-order valence-corrected chi connectivity index (χ4v) is 5.80. The van der Waals surface area contributed by atoms with Crippen LogP contribution in [0.3, 0.4) is 0 Å². The maximum absolute atomic E-state index is 14.9. The molecule has 40 heavy (non-hydrogen) atoms. The van der Waals surface area contributed by atoms with E-state index in [0.29, 0.717) is 10.8 Å². The predicted octanol–water partition coefficient (Wildman–Crippen LogP) is 7.91. The van der Waals surface area contributed by atoms with Crippen molar-refractivity contribution >= 4 is 23.0 Å². The van der Waals surface area contributed by atoms with Crippen LogP contribution in [0.25, 0.3) is 5.69 Å². The molecule has 1 saturated heterocycles. The number of nitrogens with zero attached hydrogens (tertiary/aromatic N) is 3. The maximum atomic E-state index is 14.9. The number of pyridine rings is 1. The minimum atomic E-state index is -0.266. The molecule has 3 aromatic carbocycles. The van der Waals surface area contributed by atoms with E-state index in [0.717, 1.165) is 39.8 Å². The van der Waals surface area contributed by atoms with Gasteiger partial charge in [-0.15, -0.1) is 0 Å². The smallest absolute Gasteiger partial charge is 0.174 e. The molecule has 5 aromatic rings. The van der Waals surface area contributed by atoms with Crippen molar-refractivity contribution < 1.29 is 9.13 Å². The summed E-state index contributed by atoms with van der Waals surface area (Å²) in [7, 11) is 0. The van der Waals surface area contributed by atoms with Crippen LogP contribution in [0.15, 0.2) is 103 Å². The van der Waals surface area contributed by atoms with Gasteiger partial charge in [0.1, 0.15) is 17.3 Å². The number of rotatable bonds is 6. The number of hydrogen-bond acceptors (Lipinski definition) is 3. The van der Waals surface area contributed by atoms with Crippen LogP contribution in [-0.4, -0.2) is 14.7 Å². The monoisotopic (exact) mass is 548 g/mol. The molecule has 6 rings (SSSR count). The minimum Gasteiger partial charge on any atom is -0.457 e. The number of halogens is 1. The van der Waals surface area contributed by atoms with Gasteiger partial charge in [-0.25, -0.2) is 4.39 Å². The van der Waals surface area contributed by atoms with Gasteiger partial charge in [0.25, 0.3) is 0 Å². The van der Waals surface area contributed by atoms with E-state index in [4.69, 9.17) is 17.0 Å². The molecule has 0 amide bonds. The van der Waals surface area contributed by atoms with Gasteiger partial charge in [0.05, 0.1) is 23.5 Å². The molecule has 3 heterocycles. The summed E-state index contributed by atoms with van der Waals surface area (Å²) in [6.07, 6.45) is 1.79. The highest BCUT2D eigenvalue weighted by atomic mass is 32.1. The lowest BCUT2D eigenvalue weighted by Crippen LogP contribution is -2.29. The van der Waals surface area contributed by atoms with Crippen LogP contribution in [0.1, 0.15) is 40.3 Å². The Morgan fingerprint density at radius 1 is 0.850 bits per heavy atom. The molecule has 200 valence electrons. The third-order valence-corrected chi connectivity index (χ3v) is 7.67. The standard InChI is InChI=1S/C33H29FN4OS/c1-21-11-15-25(16-12-21)39-26-17-13-24(14-18-26)38-32(31(36-33(38)40)29-9-6-7-19-35-29)27-20-22(2)37(23(27)3)30-10-5-4-8-28(30)34/h4-20,31-32H,1-3H3,(H,36,40)/t31-,32+/m0/s1. The van der Waals surface area contributed by atoms with Gasteiger partial charge < -0.3 is 19.5 Å². The van der Waals surface area contributed by atoms with E-state index in [9.17, 15) is 4.39 Å². The van der Waals surface area contributed by atoms with Gasteiger partial charge in [-0.3, -0.25) is 4.98 Å². The van der Waals surface area contributed by atoms with Crippen LogP contribution < -0.4 is 15.0 Å². The van der Waals surface area contributed by atoms with Crippen molar-refractivity contribution in [1.82, 2.24) is 14.9 Å². The van der Waals surface area contributed by atoms with Gasteiger partial charge in [0.15, 0.2) is 5.11 Å². The molecule has 0 saturated carbocycles. The Hall–Kier alpha value is -4.49. The van der Waals surface area contributed by atoms with E-state index < -0.39 is 0 Å². The average Bonchev–Trinajstić information content (AvgIpc) is 3.46. The summed E-state index contributed by atoms with van der Waals surface area (Å²) in [6, 6.07) is 30.4.